The van der Waals surface area contributed by atoms with Crippen LogP contribution in [0.4, 0.5) is 5.69 Å². The van der Waals surface area contributed by atoms with Gasteiger partial charge in [-0.1, -0.05) is 0 Å². The van der Waals surface area contributed by atoms with Gasteiger partial charge in [0.15, 0.2) is 5.82 Å². The van der Waals surface area contributed by atoms with E-state index in [0.29, 0.717) is 30.5 Å². The van der Waals surface area contributed by atoms with Crippen molar-refractivity contribution in [3.63, 3.8) is 0 Å². The summed E-state index contributed by atoms with van der Waals surface area (Å²) >= 11 is 0. The summed E-state index contributed by atoms with van der Waals surface area (Å²) in [4.78, 5) is 34.8. The van der Waals surface area contributed by atoms with Crippen molar-refractivity contribution in [2.24, 2.45) is 5.92 Å². The summed E-state index contributed by atoms with van der Waals surface area (Å²) in [6, 6.07) is 3.50. The number of anilines is 1. The van der Waals surface area contributed by atoms with Crippen LogP contribution in [0, 0.1) is 5.92 Å². The zero-order chi connectivity index (χ0) is 15.8. The Morgan fingerprint density at radius 2 is 2.22 bits per heavy atom. The lowest BCUT2D eigenvalue weighted by atomic mass is 10.3. The van der Waals surface area contributed by atoms with Crippen LogP contribution in [0.5, 0.6) is 0 Å². The summed E-state index contributed by atoms with van der Waals surface area (Å²) in [6.07, 6.45) is 7.26. The number of carbonyl (C=O) groups excluding carboxylic acids is 2. The maximum atomic E-state index is 12.5. The summed E-state index contributed by atoms with van der Waals surface area (Å²) in [5.41, 5.74) is 0.857. The number of rotatable bonds is 4. The van der Waals surface area contributed by atoms with E-state index < -0.39 is 0 Å². The van der Waals surface area contributed by atoms with Crippen LogP contribution in [-0.2, 0) is 6.54 Å². The first kappa shape index (κ1) is 13.9. The zero-order valence-electron chi connectivity index (χ0n) is 12.6. The van der Waals surface area contributed by atoms with Crippen LogP contribution in [-0.4, -0.2) is 44.3 Å². The first-order valence-electron chi connectivity index (χ1n) is 7.78. The molecule has 4 rings (SSSR count). The van der Waals surface area contributed by atoms with Crippen molar-refractivity contribution in [1.29, 1.82) is 0 Å². The molecule has 0 unspecified atom stereocenters. The molecule has 2 aromatic heterocycles. The van der Waals surface area contributed by atoms with Crippen LogP contribution in [0.1, 0.15) is 33.9 Å². The maximum Gasteiger partial charge on any atom is 0.289 e. The highest BCUT2D eigenvalue weighted by Gasteiger charge is 2.32. The molecule has 0 spiro atoms. The van der Waals surface area contributed by atoms with Crippen molar-refractivity contribution < 1.29 is 9.59 Å². The van der Waals surface area contributed by atoms with E-state index in [2.05, 4.69) is 15.3 Å². The van der Waals surface area contributed by atoms with Gasteiger partial charge in [-0.25, -0.2) is 4.98 Å². The Hall–Kier alpha value is -2.70. The number of fused-ring (bicyclic) bond motifs is 1. The minimum Gasteiger partial charge on any atom is -0.334 e. The summed E-state index contributed by atoms with van der Waals surface area (Å²) in [5.74, 6) is 0.590. The number of imidazole rings is 1. The third-order valence-corrected chi connectivity index (χ3v) is 4.19. The second-order valence-corrected chi connectivity index (χ2v) is 6.03. The Morgan fingerprint density at radius 1 is 1.35 bits per heavy atom. The number of nitrogens with one attached hydrogen (secondary N) is 1. The van der Waals surface area contributed by atoms with E-state index in [9.17, 15) is 9.59 Å². The summed E-state index contributed by atoms with van der Waals surface area (Å²) in [7, 11) is 0. The Balaban J connectivity index is 1.51. The van der Waals surface area contributed by atoms with Gasteiger partial charge in [0.1, 0.15) is 5.69 Å². The Kier molecular flexibility index (Phi) is 3.33. The SMILES string of the molecule is O=C(Nc1cccnc1)c1cn2c(n1)C(=O)N(CC1CC1)CC2. The van der Waals surface area contributed by atoms with Crippen molar-refractivity contribution in [2.45, 2.75) is 19.4 Å². The summed E-state index contributed by atoms with van der Waals surface area (Å²) in [6.45, 7) is 2.17. The van der Waals surface area contributed by atoms with E-state index in [-0.39, 0.29) is 17.5 Å². The standard InChI is InChI=1S/C16H17N5O2/c22-15(18-12-2-1-5-17-8-12)13-10-20-6-7-21(9-11-3-4-11)16(23)14(20)19-13/h1-2,5,8,10-11H,3-4,6-7,9H2,(H,18,22). The highest BCUT2D eigenvalue weighted by molar-refractivity contribution is 6.03. The van der Waals surface area contributed by atoms with Crippen molar-refractivity contribution >= 4 is 17.5 Å². The summed E-state index contributed by atoms with van der Waals surface area (Å²) < 4.78 is 1.77. The van der Waals surface area contributed by atoms with Crippen LogP contribution in [0.15, 0.2) is 30.7 Å². The van der Waals surface area contributed by atoms with E-state index in [1.165, 1.54) is 12.8 Å². The fraction of sp³-hybridized carbons (Fsp3) is 0.375. The maximum absolute atomic E-state index is 12.5. The smallest absolute Gasteiger partial charge is 0.289 e. The molecular weight excluding hydrogens is 294 g/mol. The van der Waals surface area contributed by atoms with Gasteiger partial charge in [-0.2, -0.15) is 0 Å². The van der Waals surface area contributed by atoms with Crippen molar-refractivity contribution in [3.8, 4) is 0 Å². The molecule has 118 valence electrons. The molecule has 7 nitrogen and oxygen atoms in total. The molecule has 23 heavy (non-hydrogen) atoms. The highest BCUT2D eigenvalue weighted by Crippen LogP contribution is 2.30. The number of hydrogen-bond acceptors (Lipinski definition) is 4. The van der Waals surface area contributed by atoms with Gasteiger partial charge in [0.25, 0.3) is 11.8 Å². The Morgan fingerprint density at radius 3 is 2.96 bits per heavy atom. The van der Waals surface area contributed by atoms with Gasteiger partial charge >= 0.3 is 0 Å². The minimum atomic E-state index is -0.332. The number of pyridine rings is 1. The van der Waals surface area contributed by atoms with Crippen LogP contribution in [0.3, 0.4) is 0 Å². The Bertz CT molecular complexity index is 751. The number of amides is 2. The minimum absolute atomic E-state index is 0.0800. The van der Waals surface area contributed by atoms with E-state index in [1.807, 2.05) is 4.90 Å². The topological polar surface area (TPSA) is 80.1 Å². The highest BCUT2D eigenvalue weighted by atomic mass is 16.2. The average molecular weight is 311 g/mol. The number of nitrogens with zero attached hydrogens (tertiary/aromatic N) is 4. The second-order valence-electron chi connectivity index (χ2n) is 6.03. The predicted octanol–water partition coefficient (Wildman–Crippen LogP) is 1.40. The van der Waals surface area contributed by atoms with Gasteiger partial charge in [0, 0.05) is 32.0 Å². The van der Waals surface area contributed by atoms with Gasteiger partial charge in [0.2, 0.25) is 0 Å². The molecule has 0 atom stereocenters. The largest absolute Gasteiger partial charge is 0.334 e. The molecule has 2 aliphatic rings. The van der Waals surface area contributed by atoms with Crippen LogP contribution in [0.2, 0.25) is 0 Å². The number of aromatic nitrogens is 3. The van der Waals surface area contributed by atoms with Crippen LogP contribution in [0.25, 0.3) is 0 Å². The molecule has 0 radical (unpaired) electrons. The average Bonchev–Trinajstić information content (AvgIpc) is 3.26. The van der Waals surface area contributed by atoms with E-state index in [1.54, 1.807) is 35.3 Å². The second kappa shape index (κ2) is 5.49. The van der Waals surface area contributed by atoms with E-state index in [4.69, 9.17) is 0 Å². The lowest BCUT2D eigenvalue weighted by Gasteiger charge is -2.27. The molecule has 1 aliphatic carbocycles. The molecule has 0 saturated heterocycles. The first-order chi connectivity index (χ1) is 11.2. The molecule has 1 N–H and O–H groups in total. The van der Waals surface area contributed by atoms with Crippen molar-refractivity contribution in [1.82, 2.24) is 19.4 Å². The third-order valence-electron chi connectivity index (χ3n) is 4.19. The Labute approximate surface area is 133 Å². The van der Waals surface area contributed by atoms with E-state index in [0.717, 1.165) is 6.54 Å². The molecule has 0 aromatic carbocycles. The quantitative estimate of drug-likeness (QED) is 0.925. The molecular formula is C16H17N5O2. The molecule has 1 saturated carbocycles. The van der Waals surface area contributed by atoms with Crippen LogP contribution >= 0.6 is 0 Å². The lowest BCUT2D eigenvalue weighted by Crippen LogP contribution is -2.41. The zero-order valence-corrected chi connectivity index (χ0v) is 12.6. The fourth-order valence-corrected chi connectivity index (χ4v) is 2.76. The number of hydrogen-bond donors (Lipinski definition) is 1. The molecule has 0 bridgehead atoms. The van der Waals surface area contributed by atoms with Gasteiger partial charge < -0.3 is 14.8 Å². The van der Waals surface area contributed by atoms with Gasteiger partial charge in [-0.15, -0.1) is 0 Å². The molecule has 1 fully saturated rings. The summed E-state index contributed by atoms with van der Waals surface area (Å²) in [5, 5.41) is 2.73. The first-order valence-corrected chi connectivity index (χ1v) is 7.78. The molecule has 7 heteroatoms. The monoisotopic (exact) mass is 311 g/mol. The normalized spacial score (nSPS) is 17.0. The predicted molar refractivity (Wildman–Crippen MR) is 83.0 cm³/mol. The fourth-order valence-electron chi connectivity index (χ4n) is 2.76. The molecule has 2 aromatic rings. The molecule has 3 heterocycles. The van der Waals surface area contributed by atoms with Gasteiger partial charge in [-0.05, 0) is 30.9 Å². The van der Waals surface area contributed by atoms with Crippen molar-refractivity contribution in [2.75, 3.05) is 18.4 Å². The molecule has 2 amide bonds. The lowest BCUT2D eigenvalue weighted by molar-refractivity contribution is 0.0688. The molecule has 1 aliphatic heterocycles. The van der Waals surface area contributed by atoms with Crippen LogP contribution < -0.4 is 5.32 Å². The van der Waals surface area contributed by atoms with Gasteiger partial charge in [-0.3, -0.25) is 14.6 Å². The third kappa shape index (κ3) is 2.81. The van der Waals surface area contributed by atoms with E-state index >= 15 is 0 Å². The van der Waals surface area contributed by atoms with Gasteiger partial charge in [0.05, 0.1) is 11.9 Å². The number of carbonyl (C=O) groups is 2. The van der Waals surface area contributed by atoms with Crippen molar-refractivity contribution in [3.05, 3.63) is 42.2 Å².